The van der Waals surface area contributed by atoms with E-state index in [9.17, 15) is 5.11 Å². The van der Waals surface area contributed by atoms with E-state index in [-0.39, 0.29) is 0 Å². The van der Waals surface area contributed by atoms with E-state index in [4.69, 9.17) is 9.47 Å². The fraction of sp³-hybridized carbons (Fsp3) is 0.538. The lowest BCUT2D eigenvalue weighted by Crippen LogP contribution is -2.41. The Morgan fingerprint density at radius 2 is 1.84 bits per heavy atom. The number of nitrogens with zero attached hydrogens (tertiary/aromatic N) is 2. The molecular formula is C26H36N2O3. The molecule has 2 aliphatic heterocycles. The Morgan fingerprint density at radius 1 is 1.06 bits per heavy atom. The van der Waals surface area contributed by atoms with Crippen LogP contribution in [0.3, 0.4) is 0 Å². The van der Waals surface area contributed by atoms with Crippen molar-refractivity contribution in [3.05, 3.63) is 48.0 Å². The molecule has 0 saturated carbocycles. The van der Waals surface area contributed by atoms with E-state index in [1.165, 1.54) is 21.9 Å². The van der Waals surface area contributed by atoms with Crippen LogP contribution in [-0.4, -0.2) is 81.1 Å². The monoisotopic (exact) mass is 424 g/mol. The minimum atomic E-state index is -0.478. The number of aliphatic hydroxyl groups is 1. The van der Waals surface area contributed by atoms with Crippen molar-refractivity contribution in [1.82, 2.24) is 9.80 Å². The summed E-state index contributed by atoms with van der Waals surface area (Å²) in [5, 5.41) is 12.8. The fourth-order valence-electron chi connectivity index (χ4n) is 4.66. The Balaban J connectivity index is 1.29. The summed E-state index contributed by atoms with van der Waals surface area (Å²) in [6.45, 7) is 6.02. The Morgan fingerprint density at radius 3 is 2.58 bits per heavy atom. The molecule has 1 saturated heterocycles. The predicted molar refractivity (Wildman–Crippen MR) is 127 cm³/mol. The topological polar surface area (TPSA) is 45.2 Å². The summed E-state index contributed by atoms with van der Waals surface area (Å²) in [4.78, 5) is 4.67. The van der Waals surface area contributed by atoms with Gasteiger partial charge in [0.2, 0.25) is 0 Å². The van der Waals surface area contributed by atoms with E-state index < -0.39 is 6.10 Å². The summed E-state index contributed by atoms with van der Waals surface area (Å²) in [7, 11) is 3.93. The summed E-state index contributed by atoms with van der Waals surface area (Å²) in [6, 6.07) is 12.9. The zero-order chi connectivity index (χ0) is 21.6. The number of piperidine rings is 1. The number of hydrogen-bond acceptors (Lipinski definition) is 5. The average Bonchev–Trinajstić information content (AvgIpc) is 2.79. The third kappa shape index (κ3) is 6.07. The maximum Gasteiger partial charge on any atom is 0.120 e. The standard InChI is InChI=1S/C26H36N2O3/c1-27-11-9-21(10-12-27)22-3-4-24-16-26(6-5-23(24)15-22)31-19-25(29)17-28-13-7-20(8-14-28)18-30-2/h3-6,9,15-16,20,25,29H,7-8,10-14,17-19H2,1-2H3. The van der Waals surface area contributed by atoms with Crippen LogP contribution in [0.25, 0.3) is 16.3 Å². The Hall–Kier alpha value is -1.92. The van der Waals surface area contributed by atoms with Gasteiger partial charge in [0, 0.05) is 33.4 Å². The highest BCUT2D eigenvalue weighted by atomic mass is 16.5. The van der Waals surface area contributed by atoms with Crippen molar-refractivity contribution in [1.29, 1.82) is 0 Å². The molecule has 31 heavy (non-hydrogen) atoms. The van der Waals surface area contributed by atoms with Gasteiger partial charge in [0.15, 0.2) is 0 Å². The molecule has 1 N–H and O–H groups in total. The molecule has 168 valence electrons. The number of methoxy groups -OCH3 is 1. The molecule has 0 radical (unpaired) electrons. The summed E-state index contributed by atoms with van der Waals surface area (Å²) < 4.78 is 11.2. The molecule has 1 fully saturated rings. The number of likely N-dealkylation sites (N-methyl/N-ethyl adjacent to an activating group) is 1. The maximum absolute atomic E-state index is 10.4. The molecule has 0 spiro atoms. The molecule has 2 aromatic carbocycles. The molecule has 2 aliphatic rings. The molecule has 5 heteroatoms. The first-order chi connectivity index (χ1) is 15.1. The predicted octanol–water partition coefficient (Wildman–Crippen LogP) is 3.66. The molecule has 4 rings (SSSR count). The average molecular weight is 425 g/mol. The van der Waals surface area contributed by atoms with Crippen molar-refractivity contribution in [2.75, 3.05) is 60.1 Å². The smallest absolute Gasteiger partial charge is 0.120 e. The van der Waals surface area contributed by atoms with Gasteiger partial charge in [0.1, 0.15) is 18.5 Å². The zero-order valence-corrected chi connectivity index (χ0v) is 18.9. The number of ether oxygens (including phenoxy) is 2. The van der Waals surface area contributed by atoms with Crippen molar-refractivity contribution in [2.45, 2.75) is 25.4 Å². The van der Waals surface area contributed by atoms with E-state index in [1.54, 1.807) is 7.11 Å². The van der Waals surface area contributed by atoms with Crippen molar-refractivity contribution < 1.29 is 14.6 Å². The van der Waals surface area contributed by atoms with Crippen LogP contribution in [0.5, 0.6) is 5.75 Å². The van der Waals surface area contributed by atoms with Gasteiger partial charge in [-0.05, 0) is 85.4 Å². The van der Waals surface area contributed by atoms with Crippen LogP contribution in [0.2, 0.25) is 0 Å². The normalized spacial score (nSPS) is 20.0. The lowest BCUT2D eigenvalue weighted by Gasteiger charge is -2.32. The second kappa shape index (κ2) is 10.6. The molecule has 0 aromatic heterocycles. The molecule has 0 bridgehead atoms. The van der Waals surface area contributed by atoms with E-state index >= 15 is 0 Å². The summed E-state index contributed by atoms with van der Waals surface area (Å²) in [6.07, 6.45) is 5.24. The second-order valence-corrected chi connectivity index (χ2v) is 9.13. The Kier molecular flexibility index (Phi) is 7.62. The van der Waals surface area contributed by atoms with Crippen LogP contribution in [-0.2, 0) is 4.74 Å². The van der Waals surface area contributed by atoms with Crippen LogP contribution in [0.15, 0.2) is 42.5 Å². The molecule has 2 aromatic rings. The quantitative estimate of drug-likeness (QED) is 0.701. The van der Waals surface area contributed by atoms with E-state index in [0.717, 1.165) is 57.8 Å². The molecule has 1 atom stereocenters. The van der Waals surface area contributed by atoms with Gasteiger partial charge in [0.25, 0.3) is 0 Å². The second-order valence-electron chi connectivity index (χ2n) is 9.13. The number of β-amino-alcohol motifs (C(OH)–C–C–N with tert-alkyl or cyclic N) is 1. The largest absolute Gasteiger partial charge is 0.491 e. The first-order valence-corrected chi connectivity index (χ1v) is 11.5. The first kappa shape index (κ1) is 22.3. The third-order valence-electron chi connectivity index (χ3n) is 6.62. The van der Waals surface area contributed by atoms with Gasteiger partial charge in [-0.2, -0.15) is 0 Å². The molecule has 0 amide bonds. The van der Waals surface area contributed by atoms with Crippen LogP contribution >= 0.6 is 0 Å². The van der Waals surface area contributed by atoms with E-state index in [0.29, 0.717) is 19.1 Å². The van der Waals surface area contributed by atoms with Crippen LogP contribution in [0.4, 0.5) is 0 Å². The minimum absolute atomic E-state index is 0.321. The van der Waals surface area contributed by atoms with Gasteiger partial charge in [-0.15, -0.1) is 0 Å². The maximum atomic E-state index is 10.4. The number of rotatable bonds is 8. The molecular weight excluding hydrogens is 388 g/mol. The number of benzene rings is 2. The SMILES string of the molecule is COCC1CCN(CC(O)COc2ccc3cc(C4=CCN(C)CC4)ccc3c2)CC1. The van der Waals surface area contributed by atoms with Crippen LogP contribution in [0.1, 0.15) is 24.8 Å². The lowest BCUT2D eigenvalue weighted by atomic mass is 9.97. The highest BCUT2D eigenvalue weighted by Crippen LogP contribution is 2.28. The Bertz CT molecular complexity index is 889. The molecule has 2 heterocycles. The van der Waals surface area contributed by atoms with Crippen molar-refractivity contribution >= 4 is 16.3 Å². The van der Waals surface area contributed by atoms with E-state index in [2.05, 4.69) is 53.3 Å². The van der Waals surface area contributed by atoms with E-state index in [1.807, 2.05) is 6.07 Å². The zero-order valence-electron chi connectivity index (χ0n) is 18.9. The van der Waals surface area contributed by atoms with Gasteiger partial charge < -0.3 is 24.4 Å². The Labute approximate surface area is 186 Å². The summed E-state index contributed by atoms with van der Waals surface area (Å²) in [5.41, 5.74) is 2.76. The molecule has 5 nitrogen and oxygen atoms in total. The van der Waals surface area contributed by atoms with Crippen LogP contribution in [0, 0.1) is 5.92 Å². The summed E-state index contributed by atoms with van der Waals surface area (Å²) >= 11 is 0. The van der Waals surface area contributed by atoms with Gasteiger partial charge in [0.05, 0.1) is 0 Å². The number of aliphatic hydroxyl groups excluding tert-OH is 1. The van der Waals surface area contributed by atoms with Gasteiger partial charge in [-0.1, -0.05) is 24.3 Å². The molecule has 1 unspecified atom stereocenters. The summed E-state index contributed by atoms with van der Waals surface area (Å²) in [5.74, 6) is 1.47. The molecule has 0 aliphatic carbocycles. The highest BCUT2D eigenvalue weighted by molar-refractivity contribution is 5.87. The highest BCUT2D eigenvalue weighted by Gasteiger charge is 2.21. The van der Waals surface area contributed by atoms with Crippen molar-refractivity contribution in [3.8, 4) is 5.75 Å². The number of likely N-dealkylation sites (tertiary alicyclic amines) is 1. The van der Waals surface area contributed by atoms with Gasteiger partial charge >= 0.3 is 0 Å². The van der Waals surface area contributed by atoms with Gasteiger partial charge in [-0.3, -0.25) is 0 Å². The number of hydrogen-bond donors (Lipinski definition) is 1. The van der Waals surface area contributed by atoms with Gasteiger partial charge in [-0.25, -0.2) is 0 Å². The number of fused-ring (bicyclic) bond motifs is 1. The fourth-order valence-corrected chi connectivity index (χ4v) is 4.66. The van der Waals surface area contributed by atoms with Crippen LogP contribution < -0.4 is 4.74 Å². The third-order valence-corrected chi connectivity index (χ3v) is 6.62. The minimum Gasteiger partial charge on any atom is -0.491 e. The van der Waals surface area contributed by atoms with Crippen molar-refractivity contribution in [2.24, 2.45) is 5.92 Å². The first-order valence-electron chi connectivity index (χ1n) is 11.5. The lowest BCUT2D eigenvalue weighted by molar-refractivity contribution is 0.0440. The van der Waals surface area contributed by atoms with Crippen molar-refractivity contribution in [3.63, 3.8) is 0 Å².